The van der Waals surface area contributed by atoms with Crippen LogP contribution in [0.2, 0.25) is 0 Å². The maximum Gasteiger partial charge on any atom is 0.198 e. The zero-order valence-corrected chi connectivity index (χ0v) is 8.57. The van der Waals surface area contributed by atoms with Gasteiger partial charge in [-0.15, -0.1) is 0 Å². The van der Waals surface area contributed by atoms with Gasteiger partial charge in [0, 0.05) is 10.9 Å². The average molecular weight is 230 g/mol. The Labute approximate surface area is 94.7 Å². The number of aromatic amines is 2. The lowest BCUT2D eigenvalue weighted by molar-refractivity contribution is 0.111. The first-order valence-electron chi connectivity index (χ1n) is 4.92. The van der Waals surface area contributed by atoms with Crippen molar-refractivity contribution in [3.63, 3.8) is 0 Å². The molecule has 5 nitrogen and oxygen atoms in total. The van der Waals surface area contributed by atoms with E-state index >= 15 is 0 Å². The lowest BCUT2D eigenvalue weighted by atomic mass is 10.2. The molecule has 0 spiro atoms. The molecule has 0 fully saturated rings. The number of H-pyrrole nitrogens is 2. The number of hydrogen-bond donors (Lipinski definition) is 2. The molecule has 0 unspecified atom stereocenters. The normalized spacial score (nSPS) is 10.9. The van der Waals surface area contributed by atoms with Crippen molar-refractivity contribution >= 4 is 17.2 Å². The molecule has 84 valence electrons. The Balaban J connectivity index is 2.14. The monoisotopic (exact) mass is 230 g/mol. The van der Waals surface area contributed by atoms with Crippen LogP contribution in [0.4, 0.5) is 4.39 Å². The Hall–Kier alpha value is -2.50. The van der Waals surface area contributed by atoms with E-state index in [1.165, 1.54) is 12.1 Å². The van der Waals surface area contributed by atoms with Crippen molar-refractivity contribution in [1.82, 2.24) is 20.2 Å². The van der Waals surface area contributed by atoms with Gasteiger partial charge in [0.2, 0.25) is 0 Å². The van der Waals surface area contributed by atoms with Crippen LogP contribution in [0.5, 0.6) is 0 Å². The molecule has 0 saturated heterocycles. The Morgan fingerprint density at radius 2 is 2.18 bits per heavy atom. The summed E-state index contributed by atoms with van der Waals surface area (Å²) in [6, 6.07) is 6.16. The summed E-state index contributed by atoms with van der Waals surface area (Å²) < 4.78 is 13.0. The Morgan fingerprint density at radius 1 is 1.29 bits per heavy atom. The quantitative estimate of drug-likeness (QED) is 0.660. The number of fused-ring (bicyclic) bond motifs is 1. The first-order chi connectivity index (χ1) is 8.26. The van der Waals surface area contributed by atoms with E-state index in [9.17, 15) is 9.18 Å². The Morgan fingerprint density at radius 3 is 2.94 bits per heavy atom. The number of benzene rings is 1. The predicted octanol–water partition coefficient (Wildman–Crippen LogP) is 1.90. The summed E-state index contributed by atoms with van der Waals surface area (Å²) in [6.45, 7) is 0. The highest BCUT2D eigenvalue weighted by Crippen LogP contribution is 2.22. The number of aromatic nitrogens is 4. The SMILES string of the molecule is O=Cc1nc(-c2cc3cc(F)ccc3[nH]2)n[nH]1. The molecule has 0 aliphatic rings. The van der Waals surface area contributed by atoms with Gasteiger partial charge in [-0.3, -0.25) is 9.89 Å². The summed E-state index contributed by atoms with van der Waals surface area (Å²) in [5, 5.41) is 7.10. The molecule has 1 aromatic carbocycles. The van der Waals surface area contributed by atoms with Crippen LogP contribution in [0.15, 0.2) is 24.3 Å². The minimum atomic E-state index is -0.299. The average Bonchev–Trinajstić information content (AvgIpc) is 2.93. The number of rotatable bonds is 2. The molecule has 0 bridgehead atoms. The van der Waals surface area contributed by atoms with Crippen molar-refractivity contribution in [3.05, 3.63) is 35.9 Å². The summed E-state index contributed by atoms with van der Waals surface area (Å²) in [5.41, 5.74) is 1.42. The van der Waals surface area contributed by atoms with Gasteiger partial charge in [-0.1, -0.05) is 0 Å². The topological polar surface area (TPSA) is 74.4 Å². The summed E-state index contributed by atoms with van der Waals surface area (Å²) in [6.07, 6.45) is 0.582. The van der Waals surface area contributed by atoms with Crippen molar-refractivity contribution in [2.75, 3.05) is 0 Å². The molecular formula is C11H7FN4O. The Bertz CT molecular complexity index is 700. The fourth-order valence-electron chi connectivity index (χ4n) is 1.67. The first-order valence-corrected chi connectivity index (χ1v) is 4.92. The van der Waals surface area contributed by atoms with Crippen LogP contribution in [0.25, 0.3) is 22.4 Å². The second kappa shape index (κ2) is 3.51. The number of halogens is 1. The zero-order chi connectivity index (χ0) is 11.8. The van der Waals surface area contributed by atoms with E-state index in [2.05, 4.69) is 20.2 Å². The highest BCUT2D eigenvalue weighted by atomic mass is 19.1. The van der Waals surface area contributed by atoms with Crippen molar-refractivity contribution in [2.24, 2.45) is 0 Å². The lowest BCUT2D eigenvalue weighted by Gasteiger charge is -1.88. The number of nitrogens with one attached hydrogen (secondary N) is 2. The van der Waals surface area contributed by atoms with Gasteiger partial charge in [-0.2, -0.15) is 5.10 Å². The van der Waals surface area contributed by atoms with Gasteiger partial charge < -0.3 is 4.98 Å². The summed E-state index contributed by atoms with van der Waals surface area (Å²) in [4.78, 5) is 17.5. The van der Waals surface area contributed by atoms with Crippen LogP contribution < -0.4 is 0 Å². The summed E-state index contributed by atoms with van der Waals surface area (Å²) in [7, 11) is 0. The number of hydrogen-bond acceptors (Lipinski definition) is 3. The molecule has 0 aliphatic carbocycles. The molecule has 2 aromatic heterocycles. The largest absolute Gasteiger partial charge is 0.352 e. The van der Waals surface area contributed by atoms with Crippen LogP contribution >= 0.6 is 0 Å². The zero-order valence-electron chi connectivity index (χ0n) is 8.57. The van der Waals surface area contributed by atoms with Crippen LogP contribution in [0.3, 0.4) is 0 Å². The van der Waals surface area contributed by atoms with Gasteiger partial charge in [0.15, 0.2) is 17.9 Å². The molecule has 2 heterocycles. The highest BCUT2D eigenvalue weighted by molar-refractivity contribution is 5.85. The minimum Gasteiger partial charge on any atom is -0.352 e. The minimum absolute atomic E-state index is 0.157. The standard InChI is InChI=1S/C11H7FN4O/c12-7-1-2-8-6(3-7)4-9(13-8)11-14-10(5-17)15-16-11/h1-5,13H,(H,14,15,16). The predicted molar refractivity (Wildman–Crippen MR) is 59.0 cm³/mol. The smallest absolute Gasteiger partial charge is 0.198 e. The third-order valence-corrected chi connectivity index (χ3v) is 2.44. The number of carbonyl (C=O) groups is 1. The van der Waals surface area contributed by atoms with E-state index < -0.39 is 0 Å². The third kappa shape index (κ3) is 1.59. The first kappa shape index (κ1) is 9.71. The van der Waals surface area contributed by atoms with Gasteiger partial charge in [0.05, 0.1) is 5.69 Å². The van der Waals surface area contributed by atoms with Gasteiger partial charge in [0.1, 0.15) is 5.82 Å². The van der Waals surface area contributed by atoms with Crippen molar-refractivity contribution in [3.8, 4) is 11.5 Å². The molecule has 0 radical (unpaired) electrons. The van der Waals surface area contributed by atoms with Gasteiger partial charge >= 0.3 is 0 Å². The molecule has 6 heteroatoms. The van der Waals surface area contributed by atoms with E-state index in [0.29, 0.717) is 17.8 Å². The second-order valence-corrected chi connectivity index (χ2v) is 3.58. The molecule has 3 rings (SSSR count). The summed E-state index contributed by atoms with van der Waals surface area (Å²) in [5.74, 6) is 0.236. The number of aldehydes is 1. The van der Waals surface area contributed by atoms with E-state index in [4.69, 9.17) is 0 Å². The van der Waals surface area contributed by atoms with Gasteiger partial charge in [0.25, 0.3) is 0 Å². The maximum absolute atomic E-state index is 13.0. The van der Waals surface area contributed by atoms with E-state index in [1.807, 2.05) is 0 Å². The molecule has 0 saturated carbocycles. The van der Waals surface area contributed by atoms with Crippen molar-refractivity contribution in [1.29, 1.82) is 0 Å². The molecule has 2 N–H and O–H groups in total. The fourth-order valence-corrected chi connectivity index (χ4v) is 1.67. The van der Waals surface area contributed by atoms with E-state index in [0.717, 1.165) is 10.9 Å². The van der Waals surface area contributed by atoms with Crippen LogP contribution in [-0.4, -0.2) is 26.5 Å². The second-order valence-electron chi connectivity index (χ2n) is 3.58. The van der Waals surface area contributed by atoms with Crippen LogP contribution in [0, 0.1) is 5.82 Å². The van der Waals surface area contributed by atoms with Crippen LogP contribution in [0.1, 0.15) is 10.6 Å². The lowest BCUT2D eigenvalue weighted by Crippen LogP contribution is -1.81. The molecule has 17 heavy (non-hydrogen) atoms. The van der Waals surface area contributed by atoms with Crippen molar-refractivity contribution < 1.29 is 9.18 Å². The van der Waals surface area contributed by atoms with E-state index in [-0.39, 0.29) is 11.6 Å². The van der Waals surface area contributed by atoms with Gasteiger partial charge in [-0.05, 0) is 24.3 Å². The third-order valence-electron chi connectivity index (χ3n) is 2.44. The van der Waals surface area contributed by atoms with Crippen LogP contribution in [-0.2, 0) is 0 Å². The number of carbonyl (C=O) groups excluding carboxylic acids is 1. The fraction of sp³-hybridized carbons (Fsp3) is 0. The molecule has 0 aliphatic heterocycles. The van der Waals surface area contributed by atoms with Gasteiger partial charge in [-0.25, -0.2) is 9.37 Å². The van der Waals surface area contributed by atoms with Crippen molar-refractivity contribution in [2.45, 2.75) is 0 Å². The Kier molecular flexibility index (Phi) is 2.01. The number of nitrogens with zero attached hydrogens (tertiary/aromatic N) is 2. The molecule has 3 aromatic rings. The molecular weight excluding hydrogens is 223 g/mol. The summed E-state index contributed by atoms with van der Waals surface area (Å²) >= 11 is 0. The molecule has 0 amide bonds. The van der Waals surface area contributed by atoms with E-state index in [1.54, 1.807) is 12.1 Å². The highest BCUT2D eigenvalue weighted by Gasteiger charge is 2.09. The molecule has 0 atom stereocenters. The maximum atomic E-state index is 13.0.